The van der Waals surface area contributed by atoms with Crippen molar-refractivity contribution in [1.29, 1.82) is 0 Å². The van der Waals surface area contributed by atoms with Crippen LogP contribution in [0, 0.1) is 0 Å². The van der Waals surface area contributed by atoms with Crippen LogP contribution in [0.4, 0.5) is 0 Å². The number of nitrogens with zero attached hydrogens (tertiary/aromatic N) is 1. The van der Waals surface area contributed by atoms with Crippen LogP contribution in [0.1, 0.15) is 27.2 Å². The molecule has 0 saturated carbocycles. The average molecular weight is 330 g/mol. The van der Waals surface area contributed by atoms with Gasteiger partial charge < -0.3 is 19.7 Å². The second-order valence-electron chi connectivity index (χ2n) is 3.46. The molecule has 0 spiro atoms. The molecule has 6 nitrogen and oxygen atoms in total. The van der Waals surface area contributed by atoms with E-state index in [-0.39, 0.29) is 50.8 Å². The van der Waals surface area contributed by atoms with Crippen LogP contribution in [0.15, 0.2) is 0 Å². The summed E-state index contributed by atoms with van der Waals surface area (Å²) in [5.41, 5.74) is 0. The Kier molecular flexibility index (Phi) is 26.4. The molecule has 0 aliphatic carbocycles. The first-order valence-corrected chi connectivity index (χ1v) is 6.92. The van der Waals surface area contributed by atoms with Crippen molar-refractivity contribution in [3.63, 3.8) is 0 Å². The number of esters is 1. The number of rotatable bonds is 11. The van der Waals surface area contributed by atoms with Gasteiger partial charge in [0, 0.05) is 44.8 Å². The Morgan fingerprint density at radius 3 is 2.20 bits per heavy atom. The third-order valence-corrected chi connectivity index (χ3v) is 2.16. The van der Waals surface area contributed by atoms with Gasteiger partial charge in [0.2, 0.25) is 0 Å². The van der Waals surface area contributed by atoms with E-state index in [2.05, 4.69) is 0 Å². The van der Waals surface area contributed by atoms with Gasteiger partial charge in [-0.2, -0.15) is 0 Å². The molecule has 0 bridgehead atoms. The summed E-state index contributed by atoms with van der Waals surface area (Å²) in [7, 11) is 0. The normalized spacial score (nSPS) is 9.50. The minimum Gasteiger partial charge on any atom is -0.463 e. The number of aliphatic hydroxyl groups is 2. The smallest absolute Gasteiger partial charge is 0.307 e. The van der Waals surface area contributed by atoms with E-state index >= 15 is 0 Å². The molecule has 121 valence electrons. The predicted molar refractivity (Wildman–Crippen MR) is 74.0 cm³/mol. The zero-order chi connectivity index (χ0) is 14.9. The summed E-state index contributed by atoms with van der Waals surface area (Å²) in [6, 6.07) is 0. The minimum absolute atomic E-state index is 0. The molecule has 0 atom stereocenters. The van der Waals surface area contributed by atoms with Gasteiger partial charge in [-0.1, -0.05) is 13.8 Å². The Hall–Kier alpha value is -0.106. The first-order chi connectivity index (χ1) is 9.24. The van der Waals surface area contributed by atoms with Gasteiger partial charge in [0.1, 0.15) is 6.61 Å². The van der Waals surface area contributed by atoms with E-state index in [1.807, 2.05) is 25.7 Å². The van der Waals surface area contributed by atoms with E-state index in [9.17, 15) is 4.79 Å². The van der Waals surface area contributed by atoms with Gasteiger partial charge in [-0.25, -0.2) is 0 Å². The summed E-state index contributed by atoms with van der Waals surface area (Å²) in [5, 5.41) is 17.4. The molecule has 7 heteroatoms. The van der Waals surface area contributed by atoms with Crippen molar-refractivity contribution >= 4 is 5.97 Å². The molecule has 1 radical (unpaired) electrons. The van der Waals surface area contributed by atoms with E-state index in [1.165, 1.54) is 0 Å². The molecule has 0 aliphatic rings. The number of hydrogen-bond donors (Lipinski definition) is 2. The molecule has 0 fully saturated rings. The van der Waals surface area contributed by atoms with Crippen molar-refractivity contribution in [2.24, 2.45) is 0 Å². The number of hydrogen-bond acceptors (Lipinski definition) is 6. The van der Waals surface area contributed by atoms with Crippen molar-refractivity contribution in [2.45, 2.75) is 27.2 Å². The van der Waals surface area contributed by atoms with Crippen LogP contribution in [0.2, 0.25) is 0 Å². The third-order valence-electron chi connectivity index (χ3n) is 2.16. The van der Waals surface area contributed by atoms with E-state index in [0.29, 0.717) is 32.8 Å². The quantitative estimate of drug-likeness (QED) is 0.418. The maximum atomic E-state index is 11.2. The topological polar surface area (TPSA) is 79.2 Å². The van der Waals surface area contributed by atoms with Gasteiger partial charge in [0.25, 0.3) is 0 Å². The number of carbonyl (C=O) groups is 1. The molecule has 0 unspecified atom stereocenters. The number of carbonyl (C=O) groups excluding carboxylic acids is 1. The Labute approximate surface area is 134 Å². The first-order valence-electron chi connectivity index (χ1n) is 6.92. The molecular formula is C13H29NO5V. The maximum absolute atomic E-state index is 11.2. The fourth-order valence-corrected chi connectivity index (χ4v) is 1.30. The van der Waals surface area contributed by atoms with E-state index < -0.39 is 0 Å². The summed E-state index contributed by atoms with van der Waals surface area (Å²) >= 11 is 0. The van der Waals surface area contributed by atoms with Crippen LogP contribution >= 0.6 is 0 Å². The molecule has 2 N–H and O–H groups in total. The maximum Gasteiger partial charge on any atom is 0.307 e. The zero-order valence-corrected chi connectivity index (χ0v) is 14.3. The predicted octanol–water partition coefficient (Wildman–Crippen LogP) is 0.267. The van der Waals surface area contributed by atoms with Crippen LogP contribution in [-0.2, 0) is 32.8 Å². The van der Waals surface area contributed by atoms with E-state index in [1.54, 1.807) is 0 Å². The molecular weight excluding hydrogens is 301 g/mol. The number of ether oxygens (including phenoxy) is 2. The first kappa shape index (κ1) is 24.9. The monoisotopic (exact) mass is 330 g/mol. The molecule has 0 amide bonds. The standard InChI is InChI=1S/C11H23NO5.C2H6.V/c1-2-16-9-6-12(5-7-13)4-3-11(15)17-10-8-14;1-2;/h13-14H,2-10H2,1H3;1-2H3;. The Balaban J connectivity index is -0.000000916. The Morgan fingerprint density at radius 1 is 1.05 bits per heavy atom. The fraction of sp³-hybridized carbons (Fsp3) is 0.923. The van der Waals surface area contributed by atoms with Gasteiger partial charge in [-0.05, 0) is 6.92 Å². The van der Waals surface area contributed by atoms with Crippen molar-refractivity contribution in [2.75, 3.05) is 52.7 Å². The van der Waals surface area contributed by atoms with Crippen LogP contribution in [0.25, 0.3) is 0 Å². The van der Waals surface area contributed by atoms with E-state index in [4.69, 9.17) is 19.7 Å². The van der Waals surface area contributed by atoms with Crippen LogP contribution in [0.5, 0.6) is 0 Å². The van der Waals surface area contributed by atoms with Gasteiger partial charge in [-0.15, -0.1) is 0 Å². The Morgan fingerprint density at radius 2 is 1.70 bits per heavy atom. The van der Waals surface area contributed by atoms with Crippen molar-refractivity contribution in [1.82, 2.24) is 4.90 Å². The molecule has 0 aromatic rings. The Bertz CT molecular complexity index is 196. The average Bonchev–Trinajstić information content (AvgIpc) is 2.45. The van der Waals surface area contributed by atoms with Gasteiger partial charge >= 0.3 is 5.97 Å². The van der Waals surface area contributed by atoms with Gasteiger partial charge in [0.15, 0.2) is 0 Å². The largest absolute Gasteiger partial charge is 0.463 e. The molecule has 0 rings (SSSR count). The number of aliphatic hydroxyl groups excluding tert-OH is 2. The van der Waals surface area contributed by atoms with Crippen LogP contribution < -0.4 is 0 Å². The fourth-order valence-electron chi connectivity index (χ4n) is 1.30. The molecule has 20 heavy (non-hydrogen) atoms. The van der Waals surface area contributed by atoms with Crippen LogP contribution in [0.3, 0.4) is 0 Å². The van der Waals surface area contributed by atoms with E-state index in [0.717, 1.165) is 0 Å². The molecule has 0 heterocycles. The minimum atomic E-state index is -0.335. The van der Waals surface area contributed by atoms with Crippen molar-refractivity contribution < 1.29 is 43.0 Å². The zero-order valence-electron chi connectivity index (χ0n) is 12.9. The second-order valence-corrected chi connectivity index (χ2v) is 3.46. The SMILES string of the molecule is CC.CCOCCN(CCO)CCC(=O)OCCO.[V]. The molecule has 0 aromatic heterocycles. The molecule has 0 aromatic carbocycles. The summed E-state index contributed by atoms with van der Waals surface area (Å²) in [5.74, 6) is -0.335. The summed E-state index contributed by atoms with van der Waals surface area (Å²) in [6.07, 6.45) is 0.256. The molecule has 0 aliphatic heterocycles. The van der Waals surface area contributed by atoms with Gasteiger partial charge in [-0.3, -0.25) is 9.69 Å². The van der Waals surface area contributed by atoms with Crippen molar-refractivity contribution in [3.8, 4) is 0 Å². The summed E-state index contributed by atoms with van der Waals surface area (Å²) < 4.78 is 9.95. The van der Waals surface area contributed by atoms with Crippen molar-refractivity contribution in [3.05, 3.63) is 0 Å². The molecule has 0 saturated heterocycles. The second kappa shape index (κ2) is 21.2. The third kappa shape index (κ3) is 17.9. The van der Waals surface area contributed by atoms with Crippen LogP contribution in [-0.4, -0.2) is 73.8 Å². The summed E-state index contributed by atoms with van der Waals surface area (Å²) in [4.78, 5) is 13.1. The summed E-state index contributed by atoms with van der Waals surface area (Å²) in [6.45, 7) is 8.82. The van der Waals surface area contributed by atoms with Gasteiger partial charge in [0.05, 0.1) is 26.2 Å².